The molecule has 0 amide bonds. The van der Waals surface area contributed by atoms with Crippen LogP contribution in [0.3, 0.4) is 0 Å². The van der Waals surface area contributed by atoms with Crippen LogP contribution in [0, 0.1) is 6.92 Å². The minimum Gasteiger partial charge on any atom is -0.496 e. The highest BCUT2D eigenvalue weighted by atomic mass is 16.6. The number of unbranched alkanes of at least 4 members (excludes halogenated alkanes) is 24. The molecule has 1 N–H and O–H groups in total. The largest absolute Gasteiger partial charge is 0.496 e. The Labute approximate surface area is 449 Å². The van der Waals surface area contributed by atoms with Gasteiger partial charge < -0.3 is 38.3 Å². The fourth-order valence-electron chi connectivity index (χ4n) is 9.10. The molecule has 0 spiro atoms. The van der Waals surface area contributed by atoms with Crippen molar-refractivity contribution in [3.63, 3.8) is 0 Å². The van der Waals surface area contributed by atoms with Crippen LogP contribution in [0.5, 0.6) is 11.5 Å². The number of methoxy groups -OCH3 is 1. The van der Waals surface area contributed by atoms with Crippen molar-refractivity contribution in [2.45, 2.75) is 265 Å². The molecule has 426 valence electrons. The first-order valence-corrected chi connectivity index (χ1v) is 28.9. The average Bonchev–Trinajstić information content (AvgIpc) is 3.78. The van der Waals surface area contributed by atoms with E-state index >= 15 is 0 Å². The lowest BCUT2D eigenvalue weighted by molar-refractivity contribution is -0.167. The molecule has 2 rings (SSSR count). The van der Waals surface area contributed by atoms with E-state index in [4.69, 9.17) is 38.3 Å². The number of benzene rings is 1. The predicted molar refractivity (Wildman–Crippen MR) is 289 cm³/mol. The van der Waals surface area contributed by atoms with Gasteiger partial charge >= 0.3 is 41.8 Å². The van der Waals surface area contributed by atoms with E-state index in [-0.39, 0.29) is 89.1 Å². The molecular formula is C60H96O15. The second kappa shape index (κ2) is 42.2. The van der Waals surface area contributed by atoms with E-state index in [0.717, 1.165) is 44.1 Å². The topological polar surface area (TPSA) is 204 Å². The van der Waals surface area contributed by atoms with E-state index < -0.39 is 47.9 Å². The number of aliphatic carboxylic acids is 1. The quantitative estimate of drug-likeness (QED) is 0.0212. The zero-order chi connectivity index (χ0) is 54.9. The summed E-state index contributed by atoms with van der Waals surface area (Å²) in [5.41, 5.74) is 2.55. The Morgan fingerprint density at radius 2 is 0.987 bits per heavy atom. The Balaban J connectivity index is 1.84. The molecule has 0 unspecified atom stereocenters. The van der Waals surface area contributed by atoms with Gasteiger partial charge in [0.05, 0.1) is 26.6 Å². The van der Waals surface area contributed by atoms with Gasteiger partial charge in [0.15, 0.2) is 11.9 Å². The van der Waals surface area contributed by atoms with E-state index in [9.17, 15) is 33.6 Å². The van der Waals surface area contributed by atoms with Crippen LogP contribution in [0.1, 0.15) is 266 Å². The molecule has 15 heteroatoms. The zero-order valence-corrected chi connectivity index (χ0v) is 46.9. The summed E-state index contributed by atoms with van der Waals surface area (Å²) in [5.74, 6) is -4.17. The lowest BCUT2D eigenvalue weighted by atomic mass is 9.94. The molecule has 15 nitrogen and oxygen atoms in total. The third kappa shape index (κ3) is 31.0. The molecule has 0 bridgehead atoms. The number of ether oxygens (including phenoxy) is 7. The Hall–Kier alpha value is -4.95. The average molecular weight is 1060 g/mol. The minimum atomic E-state index is -1.06. The maximum absolute atomic E-state index is 13.2. The van der Waals surface area contributed by atoms with Gasteiger partial charge in [0.2, 0.25) is 0 Å². The molecule has 1 heterocycles. The van der Waals surface area contributed by atoms with Crippen molar-refractivity contribution < 1.29 is 71.8 Å². The molecule has 1 aliphatic rings. The second-order valence-electron chi connectivity index (χ2n) is 20.3. The standard InChI is InChI=1S/C60H96O15/c1-6-8-10-12-14-16-18-20-22-24-26-28-30-33-52(63)71-43-48(44-72-53(64)34-31-29-27-25-23-21-19-17-15-13-11-9-7-2)74-56(67)41-40-54(65)70-42-32-35-55(66)75-59-49(38-36-46(3)37-39-51(61)62)58(69-5)47(4)50-45-73-60(68)57(50)59/h36,48H,6-35,37-45H2,1-5H3,(H,61,62)/b46-36+. The SMILES string of the molecule is CCCCCCCCCCCCCCCC(=O)OCC(COC(=O)CCCCCCCCCCCCCCC)OC(=O)CCC(=O)OCCCC(=O)Oc1c(C/C=C(\C)CCC(=O)O)c(OC)c(C)c2c1C(=O)OC2. The van der Waals surface area contributed by atoms with Crippen LogP contribution in [-0.4, -0.2) is 79.9 Å². The van der Waals surface area contributed by atoms with Gasteiger partial charge in [-0.3, -0.25) is 28.8 Å². The Morgan fingerprint density at radius 1 is 0.547 bits per heavy atom. The lowest BCUT2D eigenvalue weighted by Crippen LogP contribution is -2.31. The summed E-state index contributed by atoms with van der Waals surface area (Å²) >= 11 is 0. The van der Waals surface area contributed by atoms with Gasteiger partial charge in [-0.05, 0) is 51.5 Å². The number of carbonyl (C=O) groups is 7. The van der Waals surface area contributed by atoms with Crippen molar-refractivity contribution in [2.24, 2.45) is 0 Å². The number of cyclic esters (lactones) is 1. The maximum Gasteiger partial charge on any atom is 0.342 e. The monoisotopic (exact) mass is 1060 g/mol. The fourth-order valence-corrected chi connectivity index (χ4v) is 9.10. The first-order chi connectivity index (χ1) is 36.3. The molecule has 1 aromatic rings. The molecule has 75 heavy (non-hydrogen) atoms. The highest BCUT2D eigenvalue weighted by Crippen LogP contribution is 2.43. The van der Waals surface area contributed by atoms with Gasteiger partial charge in [0.25, 0.3) is 0 Å². The van der Waals surface area contributed by atoms with Crippen molar-refractivity contribution in [1.82, 2.24) is 0 Å². The number of esters is 6. The normalized spacial score (nSPS) is 12.1. The third-order valence-corrected chi connectivity index (χ3v) is 13.7. The predicted octanol–water partition coefficient (Wildman–Crippen LogP) is 14.0. The number of hydrogen-bond acceptors (Lipinski definition) is 14. The number of hydrogen-bond donors (Lipinski definition) is 1. The Morgan fingerprint density at radius 3 is 1.45 bits per heavy atom. The van der Waals surface area contributed by atoms with Crippen LogP contribution in [0.25, 0.3) is 0 Å². The van der Waals surface area contributed by atoms with Crippen LogP contribution in [0.4, 0.5) is 0 Å². The molecule has 0 aromatic heterocycles. The summed E-state index contributed by atoms with van der Waals surface area (Å²) < 4.78 is 38.6. The van der Waals surface area contributed by atoms with Crippen molar-refractivity contribution in [1.29, 1.82) is 0 Å². The van der Waals surface area contributed by atoms with Gasteiger partial charge in [0.1, 0.15) is 31.1 Å². The van der Waals surface area contributed by atoms with Crippen molar-refractivity contribution >= 4 is 41.8 Å². The molecule has 0 atom stereocenters. The summed E-state index contributed by atoms with van der Waals surface area (Å²) in [7, 11) is 1.47. The van der Waals surface area contributed by atoms with Crippen LogP contribution >= 0.6 is 0 Å². The molecular weight excluding hydrogens is 961 g/mol. The van der Waals surface area contributed by atoms with E-state index in [1.807, 2.05) is 0 Å². The van der Waals surface area contributed by atoms with Gasteiger partial charge in [-0.15, -0.1) is 0 Å². The summed E-state index contributed by atoms with van der Waals surface area (Å²) in [6.07, 6.45) is 31.7. The van der Waals surface area contributed by atoms with Gasteiger partial charge in [-0.25, -0.2) is 4.79 Å². The summed E-state index contributed by atoms with van der Waals surface area (Å²) in [5, 5.41) is 9.10. The summed E-state index contributed by atoms with van der Waals surface area (Å²) in [6.45, 7) is 7.28. The Kier molecular flexibility index (Phi) is 37.2. The maximum atomic E-state index is 13.2. The highest BCUT2D eigenvalue weighted by Gasteiger charge is 2.34. The summed E-state index contributed by atoms with van der Waals surface area (Å²) in [6, 6.07) is 0. The van der Waals surface area contributed by atoms with Gasteiger partial charge in [0, 0.05) is 36.8 Å². The van der Waals surface area contributed by atoms with E-state index in [0.29, 0.717) is 41.7 Å². The summed E-state index contributed by atoms with van der Waals surface area (Å²) in [4.78, 5) is 88.1. The molecule has 0 radical (unpaired) electrons. The van der Waals surface area contributed by atoms with E-state index in [2.05, 4.69) is 13.8 Å². The van der Waals surface area contributed by atoms with Gasteiger partial charge in [-0.1, -0.05) is 180 Å². The first kappa shape index (κ1) is 66.2. The molecule has 0 aliphatic carbocycles. The lowest BCUT2D eigenvalue weighted by Gasteiger charge is -2.19. The Bertz CT molecular complexity index is 1820. The van der Waals surface area contributed by atoms with E-state index in [1.54, 1.807) is 19.9 Å². The minimum absolute atomic E-state index is 0.00482. The third-order valence-electron chi connectivity index (χ3n) is 13.7. The van der Waals surface area contributed by atoms with Crippen LogP contribution < -0.4 is 9.47 Å². The fraction of sp³-hybridized carbons (Fsp3) is 0.750. The number of carboxylic acid groups (broad SMARTS) is 1. The van der Waals surface area contributed by atoms with Crippen molar-refractivity contribution in [2.75, 3.05) is 26.9 Å². The van der Waals surface area contributed by atoms with E-state index in [1.165, 1.54) is 123 Å². The molecule has 0 saturated heterocycles. The van der Waals surface area contributed by atoms with Crippen LogP contribution in [-0.2, 0) is 65.5 Å². The molecule has 0 fully saturated rings. The highest BCUT2D eigenvalue weighted by molar-refractivity contribution is 5.99. The molecule has 1 aliphatic heterocycles. The molecule has 1 aromatic carbocycles. The van der Waals surface area contributed by atoms with Crippen LogP contribution in [0.15, 0.2) is 11.6 Å². The smallest absolute Gasteiger partial charge is 0.342 e. The van der Waals surface area contributed by atoms with Crippen LogP contribution in [0.2, 0.25) is 0 Å². The number of fused-ring (bicyclic) bond motifs is 1. The van der Waals surface area contributed by atoms with Crippen molar-refractivity contribution in [3.8, 4) is 11.5 Å². The number of carboxylic acids is 1. The number of allylic oxidation sites excluding steroid dienone is 2. The number of rotatable bonds is 47. The van der Waals surface area contributed by atoms with Crippen molar-refractivity contribution in [3.05, 3.63) is 33.9 Å². The molecule has 0 saturated carbocycles. The zero-order valence-electron chi connectivity index (χ0n) is 46.9. The number of carbonyl (C=O) groups excluding carboxylic acids is 6. The second-order valence-corrected chi connectivity index (χ2v) is 20.3. The first-order valence-electron chi connectivity index (χ1n) is 28.9. The van der Waals surface area contributed by atoms with Gasteiger partial charge in [-0.2, -0.15) is 0 Å².